The van der Waals surface area contributed by atoms with Crippen molar-refractivity contribution in [3.8, 4) is 0 Å². The van der Waals surface area contributed by atoms with Crippen LogP contribution in [0.5, 0.6) is 0 Å². The predicted octanol–water partition coefficient (Wildman–Crippen LogP) is 3.41. The van der Waals surface area contributed by atoms with Gasteiger partial charge < -0.3 is 5.73 Å². The third-order valence-electron chi connectivity index (χ3n) is 2.99. The van der Waals surface area contributed by atoms with Gasteiger partial charge >= 0.3 is 0 Å². The second-order valence-corrected chi connectivity index (χ2v) is 5.49. The van der Waals surface area contributed by atoms with Gasteiger partial charge in [0.05, 0.1) is 4.47 Å². The predicted molar refractivity (Wildman–Crippen MR) is 58.6 cm³/mol. The highest BCUT2D eigenvalue weighted by Crippen LogP contribution is 2.47. The molecule has 0 radical (unpaired) electrons. The van der Waals surface area contributed by atoms with Gasteiger partial charge in [-0.3, -0.25) is 0 Å². The van der Waals surface area contributed by atoms with Crippen molar-refractivity contribution in [3.63, 3.8) is 0 Å². The third kappa shape index (κ3) is 1.51. The topological polar surface area (TPSA) is 26.0 Å². The summed E-state index contributed by atoms with van der Waals surface area (Å²) in [5.74, 6) is -0.805. The van der Waals surface area contributed by atoms with Crippen LogP contribution in [-0.2, 0) is 5.41 Å². The SMILES string of the molecule is CC1(C)C[C@@H](N)c2c(F)c(Br)cc(F)c21. The zero-order chi connectivity index (χ0) is 11.4. The molecular weight excluding hydrogens is 264 g/mol. The van der Waals surface area contributed by atoms with Crippen LogP contribution in [0.15, 0.2) is 10.5 Å². The van der Waals surface area contributed by atoms with Gasteiger partial charge in [0.25, 0.3) is 0 Å². The summed E-state index contributed by atoms with van der Waals surface area (Å²) in [5.41, 5.74) is 6.20. The van der Waals surface area contributed by atoms with Gasteiger partial charge in [0.2, 0.25) is 0 Å². The molecule has 0 unspecified atom stereocenters. The molecule has 0 fully saturated rings. The van der Waals surface area contributed by atoms with E-state index in [0.717, 1.165) is 0 Å². The van der Waals surface area contributed by atoms with E-state index < -0.39 is 11.9 Å². The van der Waals surface area contributed by atoms with E-state index in [1.54, 1.807) is 0 Å². The van der Waals surface area contributed by atoms with Crippen LogP contribution in [0.2, 0.25) is 0 Å². The van der Waals surface area contributed by atoms with Crippen LogP contribution in [0.1, 0.15) is 37.4 Å². The normalized spacial score (nSPS) is 22.9. The molecule has 0 heterocycles. The average molecular weight is 276 g/mol. The molecule has 1 nitrogen and oxygen atoms in total. The number of hydrogen-bond donors (Lipinski definition) is 1. The smallest absolute Gasteiger partial charge is 0.142 e. The third-order valence-corrected chi connectivity index (χ3v) is 3.56. The second kappa shape index (κ2) is 3.25. The van der Waals surface area contributed by atoms with Crippen LogP contribution in [0.4, 0.5) is 8.78 Å². The summed E-state index contributed by atoms with van der Waals surface area (Å²) >= 11 is 2.99. The van der Waals surface area contributed by atoms with Crippen molar-refractivity contribution in [1.82, 2.24) is 0 Å². The van der Waals surface area contributed by atoms with Gasteiger partial charge in [0.15, 0.2) is 0 Å². The highest BCUT2D eigenvalue weighted by molar-refractivity contribution is 9.10. The maximum atomic E-state index is 13.8. The maximum Gasteiger partial charge on any atom is 0.142 e. The number of halogens is 3. The van der Waals surface area contributed by atoms with Gasteiger partial charge in [-0.15, -0.1) is 0 Å². The number of rotatable bonds is 0. The molecular formula is C11H12BrF2N. The molecule has 1 aromatic carbocycles. The maximum absolute atomic E-state index is 13.8. The molecule has 82 valence electrons. The fraction of sp³-hybridized carbons (Fsp3) is 0.455. The molecule has 0 aliphatic heterocycles. The van der Waals surface area contributed by atoms with Gasteiger partial charge in [-0.25, -0.2) is 8.78 Å². The Morgan fingerprint density at radius 3 is 2.67 bits per heavy atom. The van der Waals surface area contributed by atoms with Crippen molar-refractivity contribution in [2.24, 2.45) is 5.73 Å². The Balaban J connectivity index is 2.78. The van der Waals surface area contributed by atoms with Crippen LogP contribution < -0.4 is 5.73 Å². The van der Waals surface area contributed by atoms with Gasteiger partial charge in [-0.1, -0.05) is 13.8 Å². The number of nitrogens with two attached hydrogens (primary N) is 1. The molecule has 4 heteroatoms. The van der Waals surface area contributed by atoms with E-state index in [1.807, 2.05) is 13.8 Å². The van der Waals surface area contributed by atoms with Gasteiger partial charge in [0, 0.05) is 17.2 Å². The molecule has 0 amide bonds. The summed E-state index contributed by atoms with van der Waals surface area (Å²) in [4.78, 5) is 0. The molecule has 1 aromatic rings. The van der Waals surface area contributed by atoms with Gasteiger partial charge in [-0.2, -0.15) is 0 Å². The largest absolute Gasteiger partial charge is 0.324 e. The highest BCUT2D eigenvalue weighted by Gasteiger charge is 2.40. The van der Waals surface area contributed by atoms with E-state index in [4.69, 9.17) is 5.73 Å². The van der Waals surface area contributed by atoms with Crippen molar-refractivity contribution in [3.05, 3.63) is 33.3 Å². The minimum Gasteiger partial charge on any atom is -0.324 e. The molecule has 15 heavy (non-hydrogen) atoms. The first kappa shape index (κ1) is 11.0. The molecule has 0 saturated carbocycles. The Bertz CT molecular complexity index is 429. The molecule has 2 rings (SSSR count). The van der Waals surface area contributed by atoms with Gasteiger partial charge in [-0.05, 0) is 33.8 Å². The first-order valence-electron chi connectivity index (χ1n) is 4.78. The second-order valence-electron chi connectivity index (χ2n) is 4.64. The summed E-state index contributed by atoms with van der Waals surface area (Å²) in [7, 11) is 0. The van der Waals surface area contributed by atoms with E-state index in [2.05, 4.69) is 15.9 Å². The Labute approximate surface area is 95.8 Å². The highest BCUT2D eigenvalue weighted by atomic mass is 79.9. The standard InChI is InChI=1S/C11H12BrF2N/c1-11(2)4-7(15)8-9(11)6(13)3-5(12)10(8)14/h3,7H,4,15H2,1-2H3/t7-/m1/s1. The molecule has 0 bridgehead atoms. The van der Waals surface area contributed by atoms with E-state index in [1.165, 1.54) is 6.07 Å². The lowest BCUT2D eigenvalue weighted by atomic mass is 9.86. The quantitative estimate of drug-likeness (QED) is 0.722. The molecule has 2 N–H and O–H groups in total. The molecule has 1 aliphatic rings. The summed E-state index contributed by atoms with van der Waals surface area (Å²) in [6, 6.07) is 0.760. The Morgan fingerprint density at radius 1 is 1.47 bits per heavy atom. The van der Waals surface area contributed by atoms with E-state index in [-0.39, 0.29) is 15.7 Å². The van der Waals surface area contributed by atoms with E-state index >= 15 is 0 Å². The van der Waals surface area contributed by atoms with Crippen molar-refractivity contribution in [1.29, 1.82) is 0 Å². The van der Waals surface area contributed by atoms with Crippen molar-refractivity contribution < 1.29 is 8.78 Å². The molecule has 1 atom stereocenters. The monoisotopic (exact) mass is 275 g/mol. The van der Waals surface area contributed by atoms with E-state index in [0.29, 0.717) is 17.5 Å². The van der Waals surface area contributed by atoms with Crippen molar-refractivity contribution in [2.45, 2.75) is 31.7 Å². The van der Waals surface area contributed by atoms with Crippen LogP contribution in [0.3, 0.4) is 0 Å². The fourth-order valence-corrected chi connectivity index (χ4v) is 2.82. The van der Waals surface area contributed by atoms with Gasteiger partial charge in [0.1, 0.15) is 11.6 Å². The molecule has 0 spiro atoms. The Kier molecular flexibility index (Phi) is 2.39. The summed E-state index contributed by atoms with van der Waals surface area (Å²) < 4.78 is 27.7. The lowest BCUT2D eigenvalue weighted by molar-refractivity contribution is 0.461. The Morgan fingerprint density at radius 2 is 2.07 bits per heavy atom. The first-order valence-corrected chi connectivity index (χ1v) is 5.57. The number of fused-ring (bicyclic) bond motifs is 1. The summed E-state index contributed by atoms with van der Waals surface area (Å²) in [6.07, 6.45) is 0.576. The van der Waals surface area contributed by atoms with Crippen LogP contribution in [0, 0.1) is 11.6 Å². The fourth-order valence-electron chi connectivity index (χ4n) is 2.40. The Hall–Kier alpha value is -0.480. The number of hydrogen-bond acceptors (Lipinski definition) is 1. The van der Waals surface area contributed by atoms with Crippen LogP contribution >= 0.6 is 15.9 Å². The lowest BCUT2D eigenvalue weighted by Gasteiger charge is -2.19. The zero-order valence-corrected chi connectivity index (χ0v) is 10.2. The number of benzene rings is 1. The van der Waals surface area contributed by atoms with E-state index in [9.17, 15) is 8.78 Å². The minimum atomic E-state index is -0.426. The average Bonchev–Trinajstić information content (AvgIpc) is 2.32. The minimum absolute atomic E-state index is 0.145. The van der Waals surface area contributed by atoms with Crippen LogP contribution in [0.25, 0.3) is 0 Å². The van der Waals surface area contributed by atoms with Crippen molar-refractivity contribution in [2.75, 3.05) is 0 Å². The molecule has 0 aromatic heterocycles. The molecule has 1 aliphatic carbocycles. The first-order chi connectivity index (χ1) is 6.84. The summed E-state index contributed by atoms with van der Waals surface area (Å²) in [5, 5.41) is 0. The lowest BCUT2D eigenvalue weighted by Crippen LogP contribution is -2.15. The molecule has 0 saturated heterocycles. The van der Waals surface area contributed by atoms with Crippen LogP contribution in [-0.4, -0.2) is 0 Å². The summed E-state index contributed by atoms with van der Waals surface area (Å²) in [6.45, 7) is 3.77. The van der Waals surface area contributed by atoms with Crippen molar-refractivity contribution >= 4 is 15.9 Å². The zero-order valence-electron chi connectivity index (χ0n) is 8.57.